The van der Waals surface area contributed by atoms with E-state index in [4.69, 9.17) is 9.47 Å². The van der Waals surface area contributed by atoms with Crippen LogP contribution < -0.4 is 0 Å². The van der Waals surface area contributed by atoms with E-state index in [0.29, 0.717) is 9.75 Å². The maximum atomic E-state index is 14.1. The zero-order valence-electron chi connectivity index (χ0n) is 32.9. The molecule has 0 radical (unpaired) electrons. The largest absolute Gasteiger partial charge is 0.482 e. The van der Waals surface area contributed by atoms with Crippen molar-refractivity contribution in [3.8, 4) is 0 Å². The number of benzene rings is 2. The smallest absolute Gasteiger partial charge is 0.197 e. The van der Waals surface area contributed by atoms with Gasteiger partial charge < -0.3 is 9.47 Å². The Morgan fingerprint density at radius 2 is 0.823 bits per heavy atom. The predicted octanol–water partition coefficient (Wildman–Crippen LogP) is 12.2. The molecule has 2 atom stereocenters. The molecule has 2 aliphatic heterocycles. The number of ketones is 4. The van der Waals surface area contributed by atoms with Crippen molar-refractivity contribution in [1.29, 1.82) is 0 Å². The summed E-state index contributed by atoms with van der Waals surface area (Å²) in [7, 11) is 0. The van der Waals surface area contributed by atoms with E-state index >= 15 is 0 Å². The van der Waals surface area contributed by atoms with Gasteiger partial charge in [0.1, 0.15) is 22.7 Å². The lowest BCUT2D eigenvalue weighted by atomic mass is 9.72. The van der Waals surface area contributed by atoms with Crippen LogP contribution in [0.3, 0.4) is 0 Å². The summed E-state index contributed by atoms with van der Waals surface area (Å²) >= 11 is 2.95. The van der Waals surface area contributed by atoms with Gasteiger partial charge in [0.25, 0.3) is 0 Å². The number of hydrogen-bond acceptors (Lipinski definition) is 8. The van der Waals surface area contributed by atoms with Gasteiger partial charge in [0.05, 0.1) is 11.1 Å². The van der Waals surface area contributed by atoms with Crippen molar-refractivity contribution >= 4 is 69.1 Å². The Hall–Kier alpha value is -5.72. The molecule has 0 N–H and O–H groups in total. The Balaban J connectivity index is 0.932. The van der Waals surface area contributed by atoms with Gasteiger partial charge in [0, 0.05) is 75.9 Å². The molecule has 8 aliphatic rings. The number of halogens is 4. The van der Waals surface area contributed by atoms with E-state index in [2.05, 4.69) is 24.3 Å². The van der Waals surface area contributed by atoms with Crippen molar-refractivity contribution in [2.45, 2.75) is 75.4 Å². The predicted molar refractivity (Wildman–Crippen MR) is 225 cm³/mol. The number of carbonyl (C=O) groups is 4. The zero-order chi connectivity index (χ0) is 42.4. The standard InChI is InChI=1S/C50H34F4O6S2/c51-37-19-27-28(20-38(37)52)44(56)33(43(27)55)15-25-17-35-47(61-25)31-11-24-14-42-32(12-23(24)13-41(31)59-49(35)7-3-1-4-8-49)48-36(50(60-42)9-5-2-6-10-50)18-26(62-48)16-34-45(57)29-21-39(53)40(54)22-30(29)46(34)58/h11-24H,1-10H2. The second-order valence-electron chi connectivity index (χ2n) is 17.5. The van der Waals surface area contributed by atoms with Gasteiger partial charge in [-0.2, -0.15) is 0 Å². The molecular weight excluding hydrogens is 837 g/mol. The van der Waals surface area contributed by atoms with E-state index in [9.17, 15) is 36.7 Å². The molecule has 0 amide bonds. The lowest BCUT2D eigenvalue weighted by molar-refractivity contribution is -0.0339. The molecule has 4 aromatic rings. The number of Topliss-reactive ketones (excluding diaryl/α,β-unsaturated/α-hetero) is 4. The SMILES string of the molecule is O=C1C(=Cc2cc3c(s2)C2=CC4C=C5OC6(CCCCC6)c6cc(C=C7C(=O)c8cc(F)c(F)cc8C7=O)sc6C5=CC4C=C2OC32CCCCC2)C(=O)c2cc(F)c(F)cc21. The van der Waals surface area contributed by atoms with Crippen LogP contribution in [0.5, 0.6) is 0 Å². The highest BCUT2D eigenvalue weighted by molar-refractivity contribution is 7.14. The second kappa shape index (κ2) is 13.4. The topological polar surface area (TPSA) is 86.7 Å². The molecule has 4 heterocycles. The molecule has 2 unspecified atom stereocenters. The van der Waals surface area contributed by atoms with E-state index in [-0.39, 0.29) is 45.2 Å². The first-order valence-electron chi connectivity index (χ1n) is 21.1. The first-order valence-corrected chi connectivity index (χ1v) is 22.7. The second-order valence-corrected chi connectivity index (χ2v) is 19.7. The van der Waals surface area contributed by atoms with Gasteiger partial charge in [-0.3, -0.25) is 19.2 Å². The molecule has 310 valence electrons. The highest BCUT2D eigenvalue weighted by Crippen LogP contribution is 2.59. The summed E-state index contributed by atoms with van der Waals surface area (Å²) < 4.78 is 70.7. The normalized spacial score (nSPS) is 23.5. The zero-order valence-corrected chi connectivity index (χ0v) is 34.6. The Morgan fingerprint density at radius 1 is 0.484 bits per heavy atom. The van der Waals surface area contributed by atoms with Crippen LogP contribution in [0.4, 0.5) is 17.6 Å². The number of fused-ring (bicyclic) bond motifs is 11. The van der Waals surface area contributed by atoms with E-state index in [1.807, 2.05) is 12.1 Å². The molecule has 6 nitrogen and oxygen atoms in total. The number of carbonyl (C=O) groups excluding carboxylic acids is 4. The molecule has 2 aromatic carbocycles. The summed E-state index contributed by atoms with van der Waals surface area (Å²) in [5.41, 5.74) is 1.88. The van der Waals surface area contributed by atoms with Crippen molar-refractivity contribution in [3.05, 3.63) is 160 Å². The summed E-state index contributed by atoms with van der Waals surface area (Å²) in [5, 5.41) is 0. The first-order chi connectivity index (χ1) is 29.9. The van der Waals surface area contributed by atoms with Gasteiger partial charge in [0.2, 0.25) is 0 Å². The van der Waals surface area contributed by atoms with Crippen molar-refractivity contribution in [2.75, 3.05) is 0 Å². The Labute approximate surface area is 360 Å². The number of hydrogen-bond donors (Lipinski definition) is 0. The summed E-state index contributed by atoms with van der Waals surface area (Å²) in [6, 6.07) is 7.20. The quantitative estimate of drug-likeness (QED) is 0.113. The van der Waals surface area contributed by atoms with Crippen LogP contribution in [0, 0.1) is 35.1 Å². The molecule has 2 fully saturated rings. The van der Waals surface area contributed by atoms with Crippen LogP contribution in [0.2, 0.25) is 0 Å². The molecular formula is C50H34F4O6S2. The molecule has 12 heteroatoms. The summed E-state index contributed by atoms with van der Waals surface area (Å²) in [4.78, 5) is 56.9. The van der Waals surface area contributed by atoms with Crippen LogP contribution in [-0.4, -0.2) is 23.1 Å². The lowest BCUT2D eigenvalue weighted by Crippen LogP contribution is -2.37. The van der Waals surface area contributed by atoms with E-state index in [1.54, 1.807) is 12.2 Å². The average molecular weight is 871 g/mol. The van der Waals surface area contributed by atoms with Gasteiger partial charge in [-0.05, 0) is 112 Å². The molecule has 0 saturated heterocycles. The average Bonchev–Trinajstić information content (AvgIpc) is 4.00. The minimum atomic E-state index is -1.18. The third kappa shape index (κ3) is 5.44. The monoisotopic (exact) mass is 870 g/mol. The van der Waals surface area contributed by atoms with Crippen molar-refractivity contribution in [3.63, 3.8) is 0 Å². The van der Waals surface area contributed by atoms with E-state index in [1.165, 1.54) is 22.7 Å². The lowest BCUT2D eigenvalue weighted by Gasteiger charge is -2.46. The third-order valence-electron chi connectivity index (χ3n) is 13.9. The van der Waals surface area contributed by atoms with E-state index in [0.717, 1.165) is 132 Å². The van der Waals surface area contributed by atoms with Gasteiger partial charge in [-0.25, -0.2) is 17.6 Å². The summed E-state index contributed by atoms with van der Waals surface area (Å²) in [6.45, 7) is 0. The molecule has 6 aliphatic carbocycles. The summed E-state index contributed by atoms with van der Waals surface area (Å²) in [5.74, 6) is -5.88. The Morgan fingerprint density at radius 3 is 1.16 bits per heavy atom. The maximum Gasteiger partial charge on any atom is 0.197 e. The van der Waals surface area contributed by atoms with Crippen LogP contribution in [0.15, 0.2) is 83.4 Å². The fourth-order valence-electron chi connectivity index (χ4n) is 10.9. The van der Waals surface area contributed by atoms with Crippen molar-refractivity contribution in [2.24, 2.45) is 11.8 Å². The van der Waals surface area contributed by atoms with Crippen molar-refractivity contribution < 1.29 is 46.2 Å². The van der Waals surface area contributed by atoms with Gasteiger partial charge in [-0.1, -0.05) is 25.0 Å². The van der Waals surface area contributed by atoms with Crippen LogP contribution >= 0.6 is 22.7 Å². The minimum Gasteiger partial charge on any atom is -0.482 e. The number of allylic oxidation sites excluding steroid dienone is 8. The van der Waals surface area contributed by atoms with Crippen LogP contribution in [-0.2, 0) is 20.7 Å². The van der Waals surface area contributed by atoms with Crippen molar-refractivity contribution in [1.82, 2.24) is 0 Å². The highest BCUT2D eigenvalue weighted by atomic mass is 32.1. The Kier molecular flexibility index (Phi) is 8.21. The van der Waals surface area contributed by atoms with Gasteiger partial charge in [-0.15, -0.1) is 22.7 Å². The summed E-state index contributed by atoms with van der Waals surface area (Å²) in [6.07, 6.45) is 21.1. The Bertz CT molecular complexity index is 2720. The third-order valence-corrected chi connectivity index (χ3v) is 16.2. The van der Waals surface area contributed by atoms with E-state index < -0.39 is 57.6 Å². The molecule has 0 bridgehead atoms. The van der Waals surface area contributed by atoms with Gasteiger partial charge >= 0.3 is 0 Å². The fraction of sp³-hybridized carbons (Fsp3) is 0.280. The molecule has 2 spiro atoms. The molecule has 2 aromatic heterocycles. The fourth-order valence-corrected chi connectivity index (χ4v) is 13.4. The van der Waals surface area contributed by atoms with Gasteiger partial charge in [0.15, 0.2) is 46.4 Å². The maximum absolute atomic E-state index is 14.1. The van der Waals surface area contributed by atoms with Crippen LogP contribution in [0.1, 0.15) is 136 Å². The minimum absolute atomic E-state index is 0.0951. The molecule has 12 rings (SSSR count). The molecule has 62 heavy (non-hydrogen) atoms. The number of thiophene rings is 2. The first kappa shape index (κ1) is 38.0. The molecule has 2 saturated carbocycles. The highest BCUT2D eigenvalue weighted by Gasteiger charge is 2.49. The number of ether oxygens (including phenoxy) is 2. The number of rotatable bonds is 2. The van der Waals surface area contributed by atoms with Crippen LogP contribution in [0.25, 0.3) is 23.3 Å².